The Kier molecular flexibility index (Phi) is 7.82. The van der Waals surface area contributed by atoms with E-state index in [9.17, 15) is 9.18 Å². The van der Waals surface area contributed by atoms with Crippen LogP contribution in [0.4, 0.5) is 10.1 Å². The molecular formula is C19H22FN3O4S. The van der Waals surface area contributed by atoms with Crippen molar-refractivity contribution >= 4 is 28.9 Å². The summed E-state index contributed by atoms with van der Waals surface area (Å²) >= 11 is 5.08. The zero-order chi connectivity index (χ0) is 20.5. The van der Waals surface area contributed by atoms with E-state index in [0.717, 1.165) is 5.56 Å². The molecule has 2 aromatic rings. The van der Waals surface area contributed by atoms with Crippen LogP contribution in [-0.4, -0.2) is 32.3 Å². The molecule has 0 aliphatic rings. The van der Waals surface area contributed by atoms with Gasteiger partial charge in [0, 0.05) is 12.1 Å². The van der Waals surface area contributed by atoms with E-state index in [1.807, 2.05) is 0 Å². The van der Waals surface area contributed by atoms with Crippen molar-refractivity contribution in [3.05, 3.63) is 47.8 Å². The van der Waals surface area contributed by atoms with Crippen LogP contribution >= 0.6 is 12.2 Å². The van der Waals surface area contributed by atoms with Gasteiger partial charge in [-0.25, -0.2) is 4.39 Å². The van der Waals surface area contributed by atoms with Gasteiger partial charge in [0.15, 0.2) is 16.6 Å². The van der Waals surface area contributed by atoms with Crippen LogP contribution in [0.5, 0.6) is 17.2 Å². The average molecular weight is 407 g/mol. The highest BCUT2D eigenvalue weighted by molar-refractivity contribution is 7.80. The van der Waals surface area contributed by atoms with Crippen molar-refractivity contribution in [2.75, 3.05) is 26.6 Å². The number of halogens is 1. The first-order valence-corrected chi connectivity index (χ1v) is 8.78. The number of aryl methyl sites for hydroxylation is 1. The normalized spacial score (nSPS) is 10.0. The van der Waals surface area contributed by atoms with Crippen molar-refractivity contribution in [2.24, 2.45) is 0 Å². The molecule has 0 saturated heterocycles. The zero-order valence-electron chi connectivity index (χ0n) is 15.8. The number of carbonyl (C=O) groups excluding carboxylic acids is 1. The third-order valence-corrected chi connectivity index (χ3v) is 3.99. The Morgan fingerprint density at radius 3 is 2.14 bits per heavy atom. The minimum Gasteiger partial charge on any atom is -0.493 e. The van der Waals surface area contributed by atoms with Crippen LogP contribution in [-0.2, 0) is 11.2 Å². The molecule has 2 aromatic carbocycles. The number of benzene rings is 2. The van der Waals surface area contributed by atoms with Gasteiger partial charge in [-0.2, -0.15) is 0 Å². The first kappa shape index (κ1) is 21.2. The highest BCUT2D eigenvalue weighted by atomic mass is 32.1. The maximum atomic E-state index is 12.9. The molecule has 0 spiro atoms. The molecule has 0 aliphatic carbocycles. The number of amides is 1. The Labute approximate surface area is 168 Å². The van der Waals surface area contributed by atoms with E-state index in [0.29, 0.717) is 29.4 Å². The van der Waals surface area contributed by atoms with Crippen molar-refractivity contribution in [3.8, 4) is 17.2 Å². The zero-order valence-corrected chi connectivity index (χ0v) is 16.6. The van der Waals surface area contributed by atoms with Gasteiger partial charge in [0.05, 0.1) is 21.3 Å². The maximum absolute atomic E-state index is 12.9. The number of hydrogen-bond acceptors (Lipinski definition) is 5. The fraction of sp³-hybridized carbons (Fsp3) is 0.263. The first-order valence-electron chi connectivity index (χ1n) is 8.37. The molecular weight excluding hydrogens is 385 g/mol. The smallest absolute Gasteiger partial charge is 0.238 e. The summed E-state index contributed by atoms with van der Waals surface area (Å²) in [6.07, 6.45) is 0.674. The van der Waals surface area contributed by atoms with Crippen LogP contribution in [0.1, 0.15) is 12.0 Å². The summed E-state index contributed by atoms with van der Waals surface area (Å²) in [4.78, 5) is 12.1. The molecule has 150 valence electrons. The summed E-state index contributed by atoms with van der Waals surface area (Å²) in [5.41, 5.74) is 6.57. The van der Waals surface area contributed by atoms with Crippen LogP contribution in [0, 0.1) is 5.82 Å². The molecule has 7 nitrogen and oxygen atoms in total. The summed E-state index contributed by atoms with van der Waals surface area (Å²) in [7, 11) is 4.60. The Morgan fingerprint density at radius 2 is 1.61 bits per heavy atom. The Hall–Kier alpha value is -3.07. The second-order valence-electron chi connectivity index (χ2n) is 5.67. The number of methoxy groups -OCH3 is 3. The second kappa shape index (κ2) is 10.3. The van der Waals surface area contributed by atoms with Crippen molar-refractivity contribution in [1.29, 1.82) is 0 Å². The van der Waals surface area contributed by atoms with Gasteiger partial charge in [-0.05, 0) is 60.6 Å². The lowest BCUT2D eigenvalue weighted by molar-refractivity contribution is -0.121. The van der Waals surface area contributed by atoms with E-state index in [2.05, 4.69) is 16.2 Å². The number of ether oxygens (including phenoxy) is 3. The van der Waals surface area contributed by atoms with Crippen LogP contribution in [0.15, 0.2) is 36.4 Å². The number of nitrogens with one attached hydrogen (secondary N) is 3. The lowest BCUT2D eigenvalue weighted by Gasteiger charge is -2.14. The molecule has 0 aliphatic heterocycles. The van der Waals surface area contributed by atoms with E-state index in [-0.39, 0.29) is 23.3 Å². The van der Waals surface area contributed by atoms with E-state index in [4.69, 9.17) is 26.4 Å². The fourth-order valence-corrected chi connectivity index (χ4v) is 2.59. The average Bonchev–Trinajstić information content (AvgIpc) is 2.71. The topological polar surface area (TPSA) is 80.9 Å². The quantitative estimate of drug-likeness (QED) is 0.481. The highest BCUT2D eigenvalue weighted by Gasteiger charge is 2.14. The Balaban J connectivity index is 1.85. The summed E-state index contributed by atoms with van der Waals surface area (Å²) in [5.74, 6) is 0.957. The van der Waals surface area contributed by atoms with Crippen molar-refractivity contribution in [1.82, 2.24) is 10.9 Å². The molecule has 0 bridgehead atoms. The number of rotatable bonds is 7. The van der Waals surface area contributed by atoms with Crippen LogP contribution in [0.25, 0.3) is 0 Å². The SMILES string of the molecule is COc1cc(CCC(=O)NNC(=S)Nc2ccc(F)cc2)cc(OC)c1OC. The molecule has 0 saturated carbocycles. The first-order chi connectivity index (χ1) is 13.5. The molecule has 0 unspecified atom stereocenters. The molecule has 0 heterocycles. The van der Waals surface area contributed by atoms with Gasteiger partial charge in [-0.15, -0.1) is 0 Å². The van der Waals surface area contributed by atoms with Crippen LogP contribution in [0.2, 0.25) is 0 Å². The van der Waals surface area contributed by atoms with Gasteiger partial charge in [0.2, 0.25) is 11.7 Å². The molecule has 3 N–H and O–H groups in total. The third-order valence-electron chi connectivity index (χ3n) is 3.78. The predicted octanol–water partition coefficient (Wildman–Crippen LogP) is 2.80. The number of hydrazine groups is 1. The molecule has 0 fully saturated rings. The number of anilines is 1. The molecule has 0 atom stereocenters. The second-order valence-corrected chi connectivity index (χ2v) is 6.08. The summed E-state index contributed by atoms with van der Waals surface area (Å²) in [6, 6.07) is 9.28. The number of thiocarbonyl (C=S) groups is 1. The summed E-state index contributed by atoms with van der Waals surface area (Å²) in [5, 5.41) is 3.02. The molecule has 0 radical (unpaired) electrons. The Morgan fingerprint density at radius 1 is 1.00 bits per heavy atom. The summed E-state index contributed by atoms with van der Waals surface area (Å²) in [6.45, 7) is 0. The van der Waals surface area contributed by atoms with E-state index in [1.54, 1.807) is 12.1 Å². The Bertz CT molecular complexity index is 805. The molecule has 28 heavy (non-hydrogen) atoms. The number of hydrogen-bond donors (Lipinski definition) is 3. The van der Waals surface area contributed by atoms with Gasteiger partial charge in [-0.1, -0.05) is 0 Å². The lowest BCUT2D eigenvalue weighted by Crippen LogP contribution is -2.43. The maximum Gasteiger partial charge on any atom is 0.238 e. The van der Waals surface area contributed by atoms with Crippen LogP contribution in [0.3, 0.4) is 0 Å². The standard InChI is InChI=1S/C19H22FN3O4S/c1-25-15-10-12(11-16(26-2)18(15)27-3)4-9-17(24)22-23-19(28)21-14-7-5-13(20)6-8-14/h5-8,10-11H,4,9H2,1-3H3,(H,22,24)(H2,21,23,28). The molecule has 1 amide bonds. The summed E-state index contributed by atoms with van der Waals surface area (Å²) < 4.78 is 28.8. The van der Waals surface area contributed by atoms with E-state index in [1.165, 1.54) is 45.6 Å². The minimum atomic E-state index is -0.343. The number of carbonyl (C=O) groups is 1. The van der Waals surface area contributed by atoms with Gasteiger partial charge in [0.1, 0.15) is 5.82 Å². The van der Waals surface area contributed by atoms with Crippen molar-refractivity contribution in [3.63, 3.8) is 0 Å². The molecule has 2 rings (SSSR count). The van der Waals surface area contributed by atoms with Gasteiger partial charge < -0.3 is 19.5 Å². The van der Waals surface area contributed by atoms with Gasteiger partial charge >= 0.3 is 0 Å². The monoisotopic (exact) mass is 407 g/mol. The van der Waals surface area contributed by atoms with E-state index < -0.39 is 0 Å². The molecule has 9 heteroatoms. The van der Waals surface area contributed by atoms with Gasteiger partial charge in [-0.3, -0.25) is 15.6 Å². The highest BCUT2D eigenvalue weighted by Crippen LogP contribution is 2.38. The van der Waals surface area contributed by atoms with Gasteiger partial charge in [0.25, 0.3) is 0 Å². The predicted molar refractivity (Wildman–Crippen MR) is 108 cm³/mol. The molecule has 0 aromatic heterocycles. The minimum absolute atomic E-state index is 0.188. The lowest BCUT2D eigenvalue weighted by atomic mass is 10.1. The van der Waals surface area contributed by atoms with Crippen molar-refractivity contribution < 1.29 is 23.4 Å². The van der Waals surface area contributed by atoms with Crippen molar-refractivity contribution in [2.45, 2.75) is 12.8 Å². The fourth-order valence-electron chi connectivity index (χ4n) is 2.42. The van der Waals surface area contributed by atoms with E-state index >= 15 is 0 Å². The third kappa shape index (κ3) is 5.98. The van der Waals surface area contributed by atoms with Crippen LogP contribution < -0.4 is 30.4 Å². The largest absolute Gasteiger partial charge is 0.493 e.